The van der Waals surface area contributed by atoms with Crippen molar-refractivity contribution in [1.29, 1.82) is 0 Å². The molecule has 0 saturated heterocycles. The predicted octanol–water partition coefficient (Wildman–Crippen LogP) is 3.20. The highest BCUT2D eigenvalue weighted by atomic mass is 16.1. The highest BCUT2D eigenvalue weighted by Crippen LogP contribution is 2.51. The van der Waals surface area contributed by atoms with Crippen molar-refractivity contribution in [1.82, 2.24) is 0 Å². The molecule has 2 bridgehead atoms. The highest BCUT2D eigenvalue weighted by molar-refractivity contribution is 5.75. The zero-order valence-electron chi connectivity index (χ0n) is 9.20. The Balaban J connectivity index is 2.06. The summed E-state index contributed by atoms with van der Waals surface area (Å²) in [7, 11) is 0. The third-order valence-corrected chi connectivity index (χ3v) is 3.94. The first-order valence-corrected chi connectivity index (χ1v) is 5.90. The van der Waals surface area contributed by atoms with Gasteiger partial charge in [0.2, 0.25) is 0 Å². The Morgan fingerprint density at radius 2 is 1.93 bits per heavy atom. The average molecular weight is 192 g/mol. The quantitative estimate of drug-likeness (QED) is 0.625. The summed E-state index contributed by atoms with van der Waals surface area (Å²) in [5, 5.41) is 0. The first kappa shape index (κ1) is 9.95. The maximum atomic E-state index is 11.2. The fourth-order valence-electron chi connectivity index (χ4n) is 3.42. The summed E-state index contributed by atoms with van der Waals surface area (Å²) < 4.78 is 0. The van der Waals surface area contributed by atoms with Crippen molar-refractivity contribution in [2.45, 2.75) is 39.5 Å². The third kappa shape index (κ3) is 1.65. The largest absolute Gasteiger partial charge is 0.300 e. The van der Waals surface area contributed by atoms with E-state index in [1.165, 1.54) is 19.3 Å². The van der Waals surface area contributed by atoms with Crippen LogP contribution in [0.3, 0.4) is 0 Å². The number of ketones is 1. The maximum absolute atomic E-state index is 11.2. The van der Waals surface area contributed by atoms with Gasteiger partial charge in [0.1, 0.15) is 5.78 Å². The van der Waals surface area contributed by atoms with Gasteiger partial charge >= 0.3 is 0 Å². The molecule has 2 aliphatic rings. The Morgan fingerprint density at radius 3 is 2.50 bits per heavy atom. The lowest BCUT2D eigenvalue weighted by molar-refractivity contribution is -0.118. The molecule has 1 heteroatoms. The van der Waals surface area contributed by atoms with Crippen LogP contribution in [-0.2, 0) is 4.79 Å². The standard InChI is InChI=1S/C13H20O/c1-3-4-12-10-5-6-11(8-10)13(12)7-9(2)14/h5-6,10-13H,3-4,7-8H2,1-2H3. The van der Waals surface area contributed by atoms with Gasteiger partial charge in [-0.25, -0.2) is 0 Å². The molecule has 0 N–H and O–H groups in total. The van der Waals surface area contributed by atoms with Gasteiger partial charge in [0, 0.05) is 6.42 Å². The molecule has 78 valence electrons. The van der Waals surface area contributed by atoms with E-state index in [-0.39, 0.29) is 0 Å². The van der Waals surface area contributed by atoms with E-state index in [1.54, 1.807) is 6.92 Å². The number of hydrogen-bond donors (Lipinski definition) is 0. The van der Waals surface area contributed by atoms with Crippen LogP contribution in [0, 0.1) is 23.7 Å². The van der Waals surface area contributed by atoms with Crippen LogP contribution in [0.15, 0.2) is 12.2 Å². The Bertz CT molecular complexity index is 254. The van der Waals surface area contributed by atoms with E-state index in [1.807, 2.05) is 0 Å². The van der Waals surface area contributed by atoms with Gasteiger partial charge in [-0.15, -0.1) is 0 Å². The molecule has 14 heavy (non-hydrogen) atoms. The van der Waals surface area contributed by atoms with Crippen molar-refractivity contribution in [3.05, 3.63) is 12.2 Å². The third-order valence-electron chi connectivity index (χ3n) is 3.94. The zero-order valence-corrected chi connectivity index (χ0v) is 9.20. The van der Waals surface area contributed by atoms with E-state index in [9.17, 15) is 4.79 Å². The van der Waals surface area contributed by atoms with Crippen LogP contribution in [0.4, 0.5) is 0 Å². The zero-order chi connectivity index (χ0) is 10.1. The Kier molecular flexibility index (Phi) is 2.76. The highest BCUT2D eigenvalue weighted by Gasteiger charge is 2.43. The van der Waals surface area contributed by atoms with Crippen molar-refractivity contribution < 1.29 is 4.79 Å². The van der Waals surface area contributed by atoms with Crippen LogP contribution < -0.4 is 0 Å². The minimum Gasteiger partial charge on any atom is -0.300 e. The molecule has 0 aromatic heterocycles. The second kappa shape index (κ2) is 3.88. The monoisotopic (exact) mass is 192 g/mol. The first-order chi connectivity index (χ1) is 6.72. The fourth-order valence-corrected chi connectivity index (χ4v) is 3.42. The average Bonchev–Trinajstić information content (AvgIpc) is 2.68. The summed E-state index contributed by atoms with van der Waals surface area (Å²) in [5.74, 6) is 3.36. The summed E-state index contributed by atoms with van der Waals surface area (Å²) in [6.45, 7) is 3.99. The first-order valence-electron chi connectivity index (χ1n) is 5.90. The SMILES string of the molecule is CCCC1C2C=CC(C2)C1CC(C)=O. The van der Waals surface area contributed by atoms with E-state index in [2.05, 4.69) is 19.1 Å². The van der Waals surface area contributed by atoms with E-state index in [0.717, 1.165) is 24.2 Å². The Morgan fingerprint density at radius 1 is 1.29 bits per heavy atom. The topological polar surface area (TPSA) is 17.1 Å². The van der Waals surface area contributed by atoms with Gasteiger partial charge in [0.25, 0.3) is 0 Å². The molecule has 1 nitrogen and oxygen atoms in total. The summed E-state index contributed by atoms with van der Waals surface area (Å²) in [6.07, 6.45) is 9.45. The van der Waals surface area contributed by atoms with Crippen molar-refractivity contribution in [3.63, 3.8) is 0 Å². The van der Waals surface area contributed by atoms with Gasteiger partial charge in [-0.1, -0.05) is 25.5 Å². The predicted molar refractivity (Wildman–Crippen MR) is 57.9 cm³/mol. The van der Waals surface area contributed by atoms with E-state index >= 15 is 0 Å². The molecule has 2 rings (SSSR count). The summed E-state index contributed by atoms with van der Waals surface area (Å²) >= 11 is 0. The summed E-state index contributed by atoms with van der Waals surface area (Å²) in [6, 6.07) is 0. The van der Waals surface area contributed by atoms with Gasteiger partial charge in [-0.3, -0.25) is 0 Å². The van der Waals surface area contributed by atoms with Crippen LogP contribution in [-0.4, -0.2) is 5.78 Å². The van der Waals surface area contributed by atoms with Gasteiger partial charge in [0.05, 0.1) is 0 Å². The van der Waals surface area contributed by atoms with E-state index in [4.69, 9.17) is 0 Å². The maximum Gasteiger partial charge on any atom is 0.130 e. The second-order valence-corrected chi connectivity index (χ2v) is 4.97. The van der Waals surface area contributed by atoms with Crippen molar-refractivity contribution in [2.75, 3.05) is 0 Å². The number of carbonyl (C=O) groups is 1. The number of rotatable bonds is 4. The fraction of sp³-hybridized carbons (Fsp3) is 0.769. The molecular weight excluding hydrogens is 172 g/mol. The van der Waals surface area contributed by atoms with Crippen LogP contribution in [0.25, 0.3) is 0 Å². The van der Waals surface area contributed by atoms with Crippen molar-refractivity contribution >= 4 is 5.78 Å². The molecule has 0 heterocycles. The molecule has 0 aromatic carbocycles. The lowest BCUT2D eigenvalue weighted by Crippen LogP contribution is -2.21. The molecule has 1 saturated carbocycles. The molecule has 0 amide bonds. The lowest BCUT2D eigenvalue weighted by Gasteiger charge is -2.26. The molecule has 4 atom stereocenters. The van der Waals surface area contributed by atoms with Crippen molar-refractivity contribution in [2.24, 2.45) is 23.7 Å². The van der Waals surface area contributed by atoms with E-state index in [0.29, 0.717) is 11.7 Å². The molecule has 0 aromatic rings. The Labute approximate surface area is 86.6 Å². The number of hydrogen-bond acceptors (Lipinski definition) is 1. The normalized spacial score (nSPS) is 39.3. The number of fused-ring (bicyclic) bond motifs is 2. The molecular formula is C13H20O. The van der Waals surface area contributed by atoms with Crippen LogP contribution in [0.5, 0.6) is 0 Å². The second-order valence-electron chi connectivity index (χ2n) is 4.97. The number of allylic oxidation sites excluding steroid dienone is 2. The minimum atomic E-state index is 0.372. The van der Waals surface area contributed by atoms with Crippen LogP contribution in [0.1, 0.15) is 39.5 Å². The van der Waals surface area contributed by atoms with Crippen molar-refractivity contribution in [3.8, 4) is 0 Å². The summed E-state index contributed by atoms with van der Waals surface area (Å²) in [5.41, 5.74) is 0. The lowest BCUT2D eigenvalue weighted by atomic mass is 9.78. The molecule has 1 fully saturated rings. The van der Waals surface area contributed by atoms with Gasteiger partial charge in [-0.05, 0) is 43.4 Å². The molecule has 4 unspecified atom stereocenters. The number of Topliss-reactive ketones (excluding diaryl/α,β-unsaturated/α-hetero) is 1. The minimum absolute atomic E-state index is 0.372. The van der Waals surface area contributed by atoms with Gasteiger partial charge in [0.15, 0.2) is 0 Å². The van der Waals surface area contributed by atoms with E-state index < -0.39 is 0 Å². The van der Waals surface area contributed by atoms with Crippen LogP contribution in [0.2, 0.25) is 0 Å². The molecule has 0 spiro atoms. The summed E-state index contributed by atoms with van der Waals surface area (Å²) in [4.78, 5) is 11.2. The molecule has 2 aliphatic carbocycles. The smallest absolute Gasteiger partial charge is 0.130 e. The van der Waals surface area contributed by atoms with Gasteiger partial charge in [-0.2, -0.15) is 0 Å². The Hall–Kier alpha value is -0.590. The molecule has 0 radical (unpaired) electrons. The number of carbonyl (C=O) groups excluding carboxylic acids is 1. The van der Waals surface area contributed by atoms with Crippen LogP contribution >= 0.6 is 0 Å². The van der Waals surface area contributed by atoms with Gasteiger partial charge < -0.3 is 4.79 Å². The molecule has 0 aliphatic heterocycles.